The SMILES string of the molecule is CCCO.O=C([O-])[O-].[Mg+2]. The Hall–Kier alpha value is -0.00377. The van der Waals surface area contributed by atoms with Crippen molar-refractivity contribution in [3.05, 3.63) is 0 Å². The van der Waals surface area contributed by atoms with Gasteiger partial charge in [0.05, 0.1) is 0 Å². The summed E-state index contributed by atoms with van der Waals surface area (Å²) < 4.78 is 0. The van der Waals surface area contributed by atoms with Gasteiger partial charge in [-0.3, -0.25) is 0 Å². The van der Waals surface area contributed by atoms with E-state index in [4.69, 9.17) is 20.1 Å². The molecular weight excluding hydrogens is 136 g/mol. The minimum atomic E-state index is -2.33. The Morgan fingerprint density at radius 3 is 1.67 bits per heavy atom. The summed E-state index contributed by atoms with van der Waals surface area (Å²) in [5.74, 6) is 0. The number of carbonyl (C=O) groups excluding carboxylic acids is 1. The summed E-state index contributed by atoms with van der Waals surface area (Å²) in [6, 6.07) is 0. The van der Waals surface area contributed by atoms with Gasteiger partial charge in [0.15, 0.2) is 0 Å². The fourth-order valence-corrected chi connectivity index (χ4v) is 0. The Labute approximate surface area is 69.7 Å². The number of carbonyl (C=O) groups is 1. The van der Waals surface area contributed by atoms with Crippen LogP contribution in [0.3, 0.4) is 0 Å². The van der Waals surface area contributed by atoms with Crippen LogP contribution in [0, 0.1) is 0 Å². The van der Waals surface area contributed by atoms with E-state index in [9.17, 15) is 0 Å². The second-order valence-electron chi connectivity index (χ2n) is 0.974. The third-order valence-electron chi connectivity index (χ3n) is 0.224. The summed E-state index contributed by atoms with van der Waals surface area (Å²) in [5.41, 5.74) is 0. The Bertz CT molecular complexity index is 50.5. The molecule has 0 spiro atoms. The average Bonchev–Trinajstić information content (AvgIpc) is 1.65. The van der Waals surface area contributed by atoms with Crippen molar-refractivity contribution in [2.24, 2.45) is 0 Å². The monoisotopic (exact) mass is 144 g/mol. The van der Waals surface area contributed by atoms with E-state index in [0.717, 1.165) is 6.42 Å². The van der Waals surface area contributed by atoms with Crippen LogP contribution in [0.4, 0.5) is 4.79 Å². The van der Waals surface area contributed by atoms with Crippen LogP contribution in [-0.4, -0.2) is 40.9 Å². The zero-order chi connectivity index (χ0) is 6.99. The first-order valence-electron chi connectivity index (χ1n) is 2.14. The largest absolute Gasteiger partial charge is 2.00 e. The fraction of sp³-hybridized carbons (Fsp3) is 0.750. The van der Waals surface area contributed by atoms with Gasteiger partial charge in [-0.05, 0) is 12.6 Å². The molecule has 0 unspecified atom stereocenters. The van der Waals surface area contributed by atoms with Gasteiger partial charge < -0.3 is 20.1 Å². The van der Waals surface area contributed by atoms with Crippen molar-refractivity contribution in [1.29, 1.82) is 0 Å². The number of aliphatic hydroxyl groups excluding tert-OH is 1. The summed E-state index contributed by atoms with van der Waals surface area (Å²) in [7, 11) is 0. The van der Waals surface area contributed by atoms with Gasteiger partial charge in [-0.1, -0.05) is 6.92 Å². The summed E-state index contributed by atoms with van der Waals surface area (Å²) in [4.78, 5) is 8.33. The molecular formula is C4H8MgO4. The van der Waals surface area contributed by atoms with Gasteiger partial charge in [0.25, 0.3) is 0 Å². The van der Waals surface area contributed by atoms with Crippen molar-refractivity contribution >= 4 is 29.2 Å². The van der Waals surface area contributed by atoms with E-state index in [1.54, 1.807) is 0 Å². The Morgan fingerprint density at radius 2 is 1.67 bits per heavy atom. The molecule has 9 heavy (non-hydrogen) atoms. The minimum Gasteiger partial charge on any atom is -0.652 e. The van der Waals surface area contributed by atoms with Crippen molar-refractivity contribution in [3.8, 4) is 0 Å². The van der Waals surface area contributed by atoms with Crippen LogP contribution in [0.15, 0.2) is 0 Å². The average molecular weight is 144 g/mol. The van der Waals surface area contributed by atoms with Crippen molar-refractivity contribution < 1.29 is 20.1 Å². The Kier molecular flexibility index (Phi) is 27.9. The van der Waals surface area contributed by atoms with E-state index < -0.39 is 6.16 Å². The summed E-state index contributed by atoms with van der Waals surface area (Å²) in [5, 5.41) is 24.5. The van der Waals surface area contributed by atoms with Crippen molar-refractivity contribution in [2.75, 3.05) is 6.61 Å². The second-order valence-corrected chi connectivity index (χ2v) is 0.974. The van der Waals surface area contributed by atoms with Gasteiger partial charge in [-0.25, -0.2) is 0 Å². The van der Waals surface area contributed by atoms with Crippen LogP contribution in [0.2, 0.25) is 0 Å². The first kappa shape index (κ1) is 16.0. The summed E-state index contributed by atoms with van der Waals surface area (Å²) in [6.45, 7) is 2.25. The third kappa shape index (κ3) is 290. The van der Waals surface area contributed by atoms with E-state index in [-0.39, 0.29) is 23.1 Å². The maximum absolute atomic E-state index is 8.33. The molecule has 0 saturated heterocycles. The van der Waals surface area contributed by atoms with Gasteiger partial charge in [0.2, 0.25) is 0 Å². The molecule has 0 radical (unpaired) electrons. The maximum Gasteiger partial charge on any atom is 2.00 e. The third-order valence-corrected chi connectivity index (χ3v) is 0.224. The zero-order valence-electron chi connectivity index (χ0n) is 5.29. The molecule has 0 heterocycles. The number of carboxylic acid groups (broad SMARTS) is 2. The van der Waals surface area contributed by atoms with Crippen molar-refractivity contribution in [2.45, 2.75) is 13.3 Å². The molecule has 0 aromatic carbocycles. The maximum atomic E-state index is 8.33. The van der Waals surface area contributed by atoms with Crippen LogP contribution in [-0.2, 0) is 0 Å². The molecule has 0 rings (SSSR count). The number of hydrogen-bond donors (Lipinski definition) is 1. The minimum absolute atomic E-state index is 0. The van der Waals surface area contributed by atoms with Gasteiger partial charge in [0, 0.05) is 6.61 Å². The van der Waals surface area contributed by atoms with Crippen LogP contribution in [0.25, 0.3) is 0 Å². The van der Waals surface area contributed by atoms with Gasteiger partial charge in [0.1, 0.15) is 0 Å². The molecule has 5 heteroatoms. The van der Waals surface area contributed by atoms with E-state index in [1.807, 2.05) is 6.92 Å². The van der Waals surface area contributed by atoms with Crippen molar-refractivity contribution in [1.82, 2.24) is 0 Å². The van der Waals surface area contributed by atoms with E-state index in [1.165, 1.54) is 0 Å². The first-order valence-corrected chi connectivity index (χ1v) is 2.14. The molecule has 4 nitrogen and oxygen atoms in total. The summed E-state index contributed by atoms with van der Waals surface area (Å²) in [6.07, 6.45) is -1.46. The van der Waals surface area contributed by atoms with Crippen molar-refractivity contribution in [3.63, 3.8) is 0 Å². The quantitative estimate of drug-likeness (QED) is 0.415. The predicted molar refractivity (Wildman–Crippen MR) is 28.5 cm³/mol. The topological polar surface area (TPSA) is 83.4 Å². The molecule has 0 saturated carbocycles. The molecule has 0 aliphatic carbocycles. The van der Waals surface area contributed by atoms with Crippen LogP contribution >= 0.6 is 0 Å². The van der Waals surface area contributed by atoms with Crippen LogP contribution in [0.5, 0.6) is 0 Å². The number of hydrogen-bond acceptors (Lipinski definition) is 4. The fourth-order valence-electron chi connectivity index (χ4n) is 0. The molecule has 50 valence electrons. The Balaban J connectivity index is -0.0000000720. The second kappa shape index (κ2) is 15.7. The molecule has 0 aliphatic rings. The molecule has 0 aromatic rings. The van der Waals surface area contributed by atoms with Crippen LogP contribution in [0.1, 0.15) is 13.3 Å². The van der Waals surface area contributed by atoms with Gasteiger partial charge in [-0.15, -0.1) is 0 Å². The van der Waals surface area contributed by atoms with E-state index in [2.05, 4.69) is 0 Å². The Morgan fingerprint density at radius 1 is 1.56 bits per heavy atom. The zero-order valence-corrected chi connectivity index (χ0v) is 6.71. The van der Waals surface area contributed by atoms with Gasteiger partial charge in [-0.2, -0.15) is 0 Å². The molecule has 0 aromatic heterocycles. The predicted octanol–water partition coefficient (Wildman–Crippen LogP) is -2.44. The number of rotatable bonds is 1. The van der Waals surface area contributed by atoms with Gasteiger partial charge >= 0.3 is 23.1 Å². The smallest absolute Gasteiger partial charge is 0.652 e. The van der Waals surface area contributed by atoms with E-state index >= 15 is 0 Å². The number of aliphatic hydroxyl groups is 1. The first-order chi connectivity index (χ1) is 3.65. The molecule has 1 N–H and O–H groups in total. The van der Waals surface area contributed by atoms with E-state index in [0.29, 0.717) is 6.61 Å². The molecule has 0 fully saturated rings. The standard InChI is InChI=1S/C3H8O.CH2O3.Mg/c1-2-3-4;2-1(3)4;/h4H,2-3H2,1H3;(H2,2,3,4);/q;;+2/p-2. The molecule has 0 atom stereocenters. The molecule has 0 aliphatic heterocycles. The molecule has 0 bridgehead atoms. The van der Waals surface area contributed by atoms with Crippen LogP contribution < -0.4 is 10.2 Å². The molecule has 0 amide bonds. The normalized spacial score (nSPS) is 6.00. The summed E-state index contributed by atoms with van der Waals surface area (Å²) >= 11 is 0.